The highest BCUT2D eigenvalue weighted by molar-refractivity contribution is 6.29. The molecule has 0 bridgehead atoms. The topological polar surface area (TPSA) is 122 Å². The number of hydrogen-bond donors (Lipinski definition) is 2. The smallest absolute Gasteiger partial charge is 0.229 e. The SMILES string of the molecule is CCc1nccnc1-c1cc(C2CCN2c2nc(Cl)cc(Nc3cc(C)[nH]n3)n2)on1. The van der Waals surface area contributed by atoms with E-state index in [-0.39, 0.29) is 6.04 Å². The standard InChI is InChI=1S/C20H20ClN9O/c1-3-12-19(23-6-5-22-12)13-9-15(31-29-13)14-4-7-30(14)20-24-16(21)10-17(26-20)25-18-8-11(2)27-28-18/h5-6,8-10,14H,3-4,7H2,1-2H3,(H2,24,25,26,27,28). The van der Waals surface area contributed by atoms with Crippen LogP contribution in [0.3, 0.4) is 0 Å². The van der Waals surface area contributed by atoms with Gasteiger partial charge in [0.2, 0.25) is 5.95 Å². The molecule has 1 atom stereocenters. The molecule has 2 N–H and O–H groups in total. The van der Waals surface area contributed by atoms with E-state index in [0.717, 1.165) is 42.2 Å². The minimum Gasteiger partial charge on any atom is -0.358 e. The van der Waals surface area contributed by atoms with E-state index in [0.29, 0.717) is 28.4 Å². The molecule has 158 valence electrons. The van der Waals surface area contributed by atoms with Crippen LogP contribution >= 0.6 is 11.6 Å². The van der Waals surface area contributed by atoms with Crippen LogP contribution in [0.2, 0.25) is 5.15 Å². The molecule has 4 aromatic heterocycles. The summed E-state index contributed by atoms with van der Waals surface area (Å²) in [6, 6.07) is 5.43. The van der Waals surface area contributed by atoms with Gasteiger partial charge in [0, 0.05) is 42.8 Å². The zero-order valence-electron chi connectivity index (χ0n) is 17.0. The molecule has 1 saturated heterocycles. The minimum atomic E-state index is -0.0260. The lowest BCUT2D eigenvalue weighted by Crippen LogP contribution is -2.42. The molecule has 31 heavy (non-hydrogen) atoms. The van der Waals surface area contributed by atoms with Crippen LogP contribution < -0.4 is 10.2 Å². The van der Waals surface area contributed by atoms with E-state index in [2.05, 4.69) is 40.6 Å². The van der Waals surface area contributed by atoms with Gasteiger partial charge < -0.3 is 14.7 Å². The highest BCUT2D eigenvalue weighted by Crippen LogP contribution is 2.38. The number of nitrogens with one attached hydrogen (secondary N) is 2. The first-order valence-electron chi connectivity index (χ1n) is 9.98. The third-order valence-corrected chi connectivity index (χ3v) is 5.32. The molecule has 0 radical (unpaired) electrons. The summed E-state index contributed by atoms with van der Waals surface area (Å²) in [6.45, 7) is 4.75. The number of hydrogen-bond acceptors (Lipinski definition) is 9. The van der Waals surface area contributed by atoms with Crippen molar-refractivity contribution in [1.29, 1.82) is 0 Å². The molecule has 5 heterocycles. The van der Waals surface area contributed by atoms with E-state index < -0.39 is 0 Å². The van der Waals surface area contributed by atoms with Gasteiger partial charge >= 0.3 is 0 Å². The minimum absolute atomic E-state index is 0.0260. The highest BCUT2D eigenvalue weighted by Gasteiger charge is 2.35. The van der Waals surface area contributed by atoms with E-state index in [1.54, 1.807) is 18.5 Å². The number of rotatable bonds is 6. The van der Waals surface area contributed by atoms with Gasteiger partial charge in [-0.15, -0.1) is 0 Å². The van der Waals surface area contributed by atoms with E-state index in [1.807, 2.05) is 30.9 Å². The number of nitrogens with zero attached hydrogens (tertiary/aromatic N) is 7. The first-order chi connectivity index (χ1) is 15.1. The summed E-state index contributed by atoms with van der Waals surface area (Å²) in [5.41, 5.74) is 3.25. The number of aromatic amines is 1. The molecule has 11 heteroatoms. The molecule has 1 unspecified atom stereocenters. The molecule has 10 nitrogen and oxygen atoms in total. The zero-order valence-corrected chi connectivity index (χ0v) is 17.8. The van der Waals surface area contributed by atoms with Crippen molar-refractivity contribution in [2.75, 3.05) is 16.8 Å². The Hall–Kier alpha value is -3.53. The Morgan fingerprint density at radius 3 is 2.81 bits per heavy atom. The van der Waals surface area contributed by atoms with Crippen molar-refractivity contribution in [2.45, 2.75) is 32.7 Å². The lowest BCUT2D eigenvalue weighted by atomic mass is 10.0. The fraction of sp³-hybridized carbons (Fsp3) is 0.300. The van der Waals surface area contributed by atoms with Gasteiger partial charge in [0.15, 0.2) is 11.6 Å². The molecule has 0 aromatic carbocycles. The first kappa shape index (κ1) is 19.4. The second-order valence-corrected chi connectivity index (χ2v) is 7.64. The Morgan fingerprint density at radius 2 is 2.06 bits per heavy atom. The molecule has 0 amide bonds. The first-order valence-corrected chi connectivity index (χ1v) is 10.4. The maximum Gasteiger partial charge on any atom is 0.229 e. The Morgan fingerprint density at radius 1 is 1.19 bits per heavy atom. The van der Waals surface area contributed by atoms with Gasteiger partial charge in [-0.2, -0.15) is 10.1 Å². The van der Waals surface area contributed by atoms with Crippen LogP contribution in [0.15, 0.2) is 35.1 Å². The quantitative estimate of drug-likeness (QED) is 0.433. The summed E-state index contributed by atoms with van der Waals surface area (Å²) in [5, 5.41) is 14.8. The second kappa shape index (κ2) is 7.95. The molecular weight excluding hydrogens is 418 g/mol. The molecule has 1 aliphatic heterocycles. The lowest BCUT2D eigenvalue weighted by Gasteiger charge is -2.39. The van der Waals surface area contributed by atoms with Crippen molar-refractivity contribution in [1.82, 2.24) is 35.3 Å². The van der Waals surface area contributed by atoms with Crippen molar-refractivity contribution in [2.24, 2.45) is 0 Å². The maximum absolute atomic E-state index is 6.26. The third kappa shape index (κ3) is 3.81. The summed E-state index contributed by atoms with van der Waals surface area (Å²) in [5.74, 6) is 2.48. The number of aromatic nitrogens is 7. The average molecular weight is 438 g/mol. The van der Waals surface area contributed by atoms with Gasteiger partial charge in [0.25, 0.3) is 0 Å². The van der Waals surface area contributed by atoms with Crippen molar-refractivity contribution in [3.05, 3.63) is 52.9 Å². The molecule has 0 saturated carbocycles. The van der Waals surface area contributed by atoms with Crippen LogP contribution in [-0.4, -0.2) is 41.8 Å². The van der Waals surface area contributed by atoms with Gasteiger partial charge in [-0.3, -0.25) is 15.1 Å². The van der Waals surface area contributed by atoms with Crippen LogP contribution in [-0.2, 0) is 6.42 Å². The molecule has 1 fully saturated rings. The van der Waals surface area contributed by atoms with Crippen molar-refractivity contribution in [3.63, 3.8) is 0 Å². The maximum atomic E-state index is 6.26. The largest absolute Gasteiger partial charge is 0.358 e. The summed E-state index contributed by atoms with van der Waals surface area (Å²) in [6.07, 6.45) is 5.01. The number of aryl methyl sites for hydroxylation is 2. The van der Waals surface area contributed by atoms with Crippen molar-refractivity contribution < 1.29 is 4.52 Å². The monoisotopic (exact) mass is 437 g/mol. The lowest BCUT2D eigenvalue weighted by molar-refractivity contribution is 0.315. The molecule has 4 aromatic rings. The molecular formula is C20H20ClN9O. The summed E-state index contributed by atoms with van der Waals surface area (Å²) in [7, 11) is 0. The summed E-state index contributed by atoms with van der Waals surface area (Å²) >= 11 is 6.26. The van der Waals surface area contributed by atoms with Crippen LogP contribution in [0.25, 0.3) is 11.4 Å². The Kier molecular flexibility index (Phi) is 4.99. The summed E-state index contributed by atoms with van der Waals surface area (Å²) < 4.78 is 5.66. The van der Waals surface area contributed by atoms with Crippen LogP contribution in [0.4, 0.5) is 17.6 Å². The van der Waals surface area contributed by atoms with E-state index in [4.69, 9.17) is 16.1 Å². The fourth-order valence-corrected chi connectivity index (χ4v) is 3.71. The Balaban J connectivity index is 1.39. The van der Waals surface area contributed by atoms with Crippen LogP contribution in [0, 0.1) is 6.92 Å². The second-order valence-electron chi connectivity index (χ2n) is 7.25. The van der Waals surface area contributed by atoms with Gasteiger partial charge in [-0.1, -0.05) is 23.7 Å². The van der Waals surface area contributed by atoms with Gasteiger partial charge in [0.05, 0.1) is 11.7 Å². The van der Waals surface area contributed by atoms with Gasteiger partial charge in [-0.05, 0) is 19.8 Å². The predicted octanol–water partition coefficient (Wildman–Crippen LogP) is 3.86. The summed E-state index contributed by atoms with van der Waals surface area (Å²) in [4.78, 5) is 19.8. The third-order valence-electron chi connectivity index (χ3n) is 5.13. The average Bonchev–Trinajstić information content (AvgIpc) is 3.36. The number of halogens is 1. The van der Waals surface area contributed by atoms with Crippen LogP contribution in [0.5, 0.6) is 0 Å². The van der Waals surface area contributed by atoms with Gasteiger partial charge in [-0.25, -0.2) is 4.98 Å². The van der Waals surface area contributed by atoms with E-state index in [9.17, 15) is 0 Å². The fourth-order valence-electron chi connectivity index (χ4n) is 3.53. The molecule has 0 spiro atoms. The molecule has 0 aliphatic carbocycles. The van der Waals surface area contributed by atoms with Gasteiger partial charge in [0.1, 0.15) is 22.4 Å². The van der Waals surface area contributed by atoms with Crippen LogP contribution in [0.1, 0.15) is 36.5 Å². The van der Waals surface area contributed by atoms with Crippen molar-refractivity contribution in [3.8, 4) is 11.4 Å². The van der Waals surface area contributed by atoms with E-state index in [1.165, 1.54) is 0 Å². The number of anilines is 3. The predicted molar refractivity (Wildman–Crippen MR) is 115 cm³/mol. The zero-order chi connectivity index (χ0) is 21.4. The molecule has 5 rings (SSSR count). The Bertz CT molecular complexity index is 1220. The Labute approximate surface area is 183 Å². The number of H-pyrrole nitrogens is 1. The van der Waals surface area contributed by atoms with Crippen molar-refractivity contribution >= 4 is 29.2 Å². The van der Waals surface area contributed by atoms with E-state index >= 15 is 0 Å². The normalized spacial score (nSPS) is 15.7. The highest BCUT2D eigenvalue weighted by atomic mass is 35.5. The molecule has 1 aliphatic rings.